The van der Waals surface area contributed by atoms with E-state index in [0.717, 1.165) is 17.0 Å². The van der Waals surface area contributed by atoms with Crippen molar-refractivity contribution in [1.82, 2.24) is 10.3 Å². The third kappa shape index (κ3) is 5.28. The van der Waals surface area contributed by atoms with E-state index in [1.54, 1.807) is 18.0 Å². The van der Waals surface area contributed by atoms with Crippen LogP contribution < -0.4 is 14.8 Å². The molecule has 132 valence electrons. The Kier molecular flexibility index (Phi) is 6.42. The van der Waals surface area contributed by atoms with Crippen LogP contribution in [0.2, 0.25) is 5.02 Å². The summed E-state index contributed by atoms with van der Waals surface area (Å²) in [6.07, 6.45) is 2.45. The monoisotopic (exact) mass is 378 g/mol. The molecule has 1 aromatic heterocycles. The Bertz CT molecular complexity index is 728. The van der Waals surface area contributed by atoms with Gasteiger partial charge in [0.1, 0.15) is 13.2 Å². The minimum atomic E-state index is 0.0181. The van der Waals surface area contributed by atoms with Gasteiger partial charge in [0.2, 0.25) is 5.91 Å². The van der Waals surface area contributed by atoms with Crippen LogP contribution in [0.3, 0.4) is 0 Å². The summed E-state index contributed by atoms with van der Waals surface area (Å²) in [5, 5.41) is 3.47. The van der Waals surface area contributed by atoms with E-state index in [-0.39, 0.29) is 5.91 Å². The second kappa shape index (κ2) is 8.97. The molecule has 0 spiro atoms. The Morgan fingerprint density at radius 3 is 3.00 bits per heavy atom. The third-order valence-corrected chi connectivity index (χ3v) is 4.85. The Hall–Kier alpha value is -1.92. The van der Waals surface area contributed by atoms with E-state index in [1.807, 2.05) is 30.3 Å². The maximum absolute atomic E-state index is 11.9. The number of nitrogens with zero attached hydrogens (tertiary/aromatic N) is 1. The standard InChI is InChI=1S/C18H19ClN2O3S/c19-15-9-13(10-16-18(15)24-8-7-23-16)4-6-21-17(22)12-25-11-14-3-1-2-5-20-14/h1-3,5,9-10H,4,6-8,11-12H2,(H,21,22). The molecule has 1 aliphatic heterocycles. The van der Waals surface area contributed by atoms with Gasteiger partial charge in [-0.3, -0.25) is 9.78 Å². The summed E-state index contributed by atoms with van der Waals surface area (Å²) in [4.78, 5) is 16.1. The van der Waals surface area contributed by atoms with E-state index in [0.29, 0.717) is 48.5 Å². The number of benzene rings is 1. The Labute approximate surface area is 156 Å². The molecule has 0 aliphatic carbocycles. The number of amides is 1. The van der Waals surface area contributed by atoms with E-state index in [2.05, 4.69) is 10.3 Å². The molecule has 0 unspecified atom stereocenters. The molecule has 1 N–H and O–H groups in total. The molecule has 0 bridgehead atoms. The molecular formula is C18H19ClN2O3S. The normalized spacial score (nSPS) is 12.7. The van der Waals surface area contributed by atoms with Crippen LogP contribution in [0.5, 0.6) is 11.5 Å². The summed E-state index contributed by atoms with van der Waals surface area (Å²) in [5.74, 6) is 2.44. The lowest BCUT2D eigenvalue weighted by Crippen LogP contribution is -2.27. The van der Waals surface area contributed by atoms with Crippen molar-refractivity contribution < 1.29 is 14.3 Å². The Morgan fingerprint density at radius 2 is 2.16 bits per heavy atom. The third-order valence-electron chi connectivity index (χ3n) is 3.60. The number of ether oxygens (including phenoxy) is 2. The number of rotatable bonds is 7. The lowest BCUT2D eigenvalue weighted by molar-refractivity contribution is -0.118. The van der Waals surface area contributed by atoms with Crippen molar-refractivity contribution >= 4 is 29.3 Å². The van der Waals surface area contributed by atoms with Gasteiger partial charge in [-0.1, -0.05) is 17.7 Å². The maximum atomic E-state index is 11.9. The zero-order valence-corrected chi connectivity index (χ0v) is 15.2. The van der Waals surface area contributed by atoms with E-state index in [9.17, 15) is 4.79 Å². The minimum absolute atomic E-state index is 0.0181. The highest BCUT2D eigenvalue weighted by Crippen LogP contribution is 2.38. The first kappa shape index (κ1) is 17.9. The van der Waals surface area contributed by atoms with E-state index in [1.165, 1.54) is 0 Å². The smallest absolute Gasteiger partial charge is 0.230 e. The minimum Gasteiger partial charge on any atom is -0.486 e. The average molecular weight is 379 g/mol. The van der Waals surface area contributed by atoms with Crippen molar-refractivity contribution in [2.45, 2.75) is 12.2 Å². The second-order valence-corrected chi connectivity index (χ2v) is 6.91. The summed E-state index contributed by atoms with van der Waals surface area (Å²) in [5.41, 5.74) is 1.99. The highest BCUT2D eigenvalue weighted by atomic mass is 35.5. The Balaban J connectivity index is 1.40. The summed E-state index contributed by atoms with van der Waals surface area (Å²) in [6.45, 7) is 1.59. The van der Waals surface area contributed by atoms with Crippen molar-refractivity contribution in [3.05, 3.63) is 52.8 Å². The number of carbonyl (C=O) groups excluding carboxylic acids is 1. The summed E-state index contributed by atoms with van der Waals surface area (Å²) in [7, 11) is 0. The molecule has 0 atom stereocenters. The molecule has 7 heteroatoms. The number of pyridine rings is 1. The number of hydrogen-bond acceptors (Lipinski definition) is 5. The van der Waals surface area contributed by atoms with Crippen LogP contribution in [0.1, 0.15) is 11.3 Å². The van der Waals surface area contributed by atoms with Crippen LogP contribution >= 0.6 is 23.4 Å². The molecule has 0 saturated carbocycles. The highest BCUT2D eigenvalue weighted by Gasteiger charge is 2.16. The number of hydrogen-bond donors (Lipinski definition) is 1. The lowest BCUT2D eigenvalue weighted by atomic mass is 10.1. The molecule has 2 heterocycles. The average Bonchev–Trinajstić information content (AvgIpc) is 2.63. The largest absolute Gasteiger partial charge is 0.486 e. The summed E-state index contributed by atoms with van der Waals surface area (Å²) >= 11 is 7.76. The predicted molar refractivity (Wildman–Crippen MR) is 99.6 cm³/mol. The van der Waals surface area contributed by atoms with Gasteiger partial charge in [0.15, 0.2) is 11.5 Å². The van der Waals surface area contributed by atoms with Crippen LogP contribution in [0.4, 0.5) is 0 Å². The zero-order valence-electron chi connectivity index (χ0n) is 13.7. The molecule has 1 aromatic carbocycles. The van der Waals surface area contributed by atoms with Crippen LogP contribution in [-0.4, -0.2) is 36.4 Å². The first-order valence-corrected chi connectivity index (χ1v) is 9.58. The van der Waals surface area contributed by atoms with Crippen molar-refractivity contribution in [3.63, 3.8) is 0 Å². The van der Waals surface area contributed by atoms with Gasteiger partial charge in [0.05, 0.1) is 16.5 Å². The van der Waals surface area contributed by atoms with Crippen molar-refractivity contribution in [2.75, 3.05) is 25.5 Å². The van der Waals surface area contributed by atoms with Crippen molar-refractivity contribution in [1.29, 1.82) is 0 Å². The molecule has 3 rings (SSSR count). The van der Waals surface area contributed by atoms with Gasteiger partial charge in [-0.25, -0.2) is 0 Å². The van der Waals surface area contributed by atoms with Crippen molar-refractivity contribution in [2.24, 2.45) is 0 Å². The first-order chi connectivity index (χ1) is 12.2. The quantitative estimate of drug-likeness (QED) is 0.802. The highest BCUT2D eigenvalue weighted by molar-refractivity contribution is 7.99. The fourth-order valence-electron chi connectivity index (χ4n) is 2.44. The Morgan fingerprint density at radius 1 is 1.28 bits per heavy atom. The van der Waals surface area contributed by atoms with E-state index < -0.39 is 0 Å². The van der Waals surface area contributed by atoms with Gasteiger partial charge in [0, 0.05) is 18.5 Å². The topological polar surface area (TPSA) is 60.5 Å². The van der Waals surface area contributed by atoms with Crippen LogP contribution in [0, 0.1) is 0 Å². The summed E-state index contributed by atoms with van der Waals surface area (Å²) in [6, 6.07) is 9.56. The molecule has 1 aliphatic rings. The molecule has 2 aromatic rings. The number of aromatic nitrogens is 1. The predicted octanol–water partition coefficient (Wildman–Crippen LogP) is 3.10. The maximum Gasteiger partial charge on any atom is 0.230 e. The number of thioether (sulfide) groups is 1. The van der Waals surface area contributed by atoms with Gasteiger partial charge in [-0.05, 0) is 36.2 Å². The molecule has 0 saturated heterocycles. The van der Waals surface area contributed by atoms with Gasteiger partial charge in [-0.15, -0.1) is 11.8 Å². The second-order valence-electron chi connectivity index (χ2n) is 5.52. The summed E-state index contributed by atoms with van der Waals surface area (Å²) < 4.78 is 11.1. The molecule has 0 radical (unpaired) electrons. The fraction of sp³-hybridized carbons (Fsp3) is 0.333. The van der Waals surface area contributed by atoms with E-state index >= 15 is 0 Å². The molecule has 25 heavy (non-hydrogen) atoms. The van der Waals surface area contributed by atoms with E-state index in [4.69, 9.17) is 21.1 Å². The first-order valence-electron chi connectivity index (χ1n) is 8.05. The van der Waals surface area contributed by atoms with Crippen molar-refractivity contribution in [3.8, 4) is 11.5 Å². The SMILES string of the molecule is O=C(CSCc1ccccn1)NCCc1cc(Cl)c2c(c1)OCCO2. The van der Waals surface area contributed by atoms with Gasteiger partial charge in [0.25, 0.3) is 0 Å². The van der Waals surface area contributed by atoms with Crippen LogP contribution in [-0.2, 0) is 17.0 Å². The molecule has 5 nitrogen and oxygen atoms in total. The number of fused-ring (bicyclic) bond motifs is 1. The van der Waals surface area contributed by atoms with Gasteiger partial charge < -0.3 is 14.8 Å². The van der Waals surface area contributed by atoms with Gasteiger partial charge in [-0.2, -0.15) is 0 Å². The number of halogens is 1. The zero-order chi connectivity index (χ0) is 17.5. The van der Waals surface area contributed by atoms with Gasteiger partial charge >= 0.3 is 0 Å². The molecule has 0 fully saturated rings. The molecular weight excluding hydrogens is 360 g/mol. The molecule has 1 amide bonds. The van der Waals surface area contributed by atoms with Crippen LogP contribution in [0.15, 0.2) is 36.5 Å². The lowest BCUT2D eigenvalue weighted by Gasteiger charge is -2.20. The van der Waals surface area contributed by atoms with Crippen LogP contribution in [0.25, 0.3) is 0 Å². The number of carbonyl (C=O) groups is 1. The fourth-order valence-corrected chi connectivity index (χ4v) is 3.49. The number of nitrogens with one attached hydrogen (secondary N) is 1.